The lowest BCUT2D eigenvalue weighted by Crippen LogP contribution is -2.36. The second-order valence-electron chi connectivity index (χ2n) is 6.83. The molecule has 0 spiro atoms. The smallest absolute Gasteiger partial charge is 0.330 e. The summed E-state index contributed by atoms with van der Waals surface area (Å²) < 4.78 is 5.20. The van der Waals surface area contributed by atoms with Gasteiger partial charge in [0.15, 0.2) is 6.73 Å². The topological polar surface area (TPSA) is 66.9 Å². The average molecular weight is 318 g/mol. The molecular weight excluding hydrogens is 296 g/mol. The highest BCUT2D eigenvalue weighted by Gasteiger charge is 2.61. The monoisotopic (exact) mass is 318 g/mol. The highest BCUT2D eigenvalue weighted by atomic mass is 16.5. The maximum Gasteiger partial charge on any atom is 0.330 e. The molecule has 6 nitrogen and oxygen atoms in total. The largest absolute Gasteiger partial charge is 0.443 e. The molecule has 2 fully saturated rings. The van der Waals surface area contributed by atoms with Crippen LogP contribution in [0.2, 0.25) is 0 Å². The zero-order valence-electron chi connectivity index (χ0n) is 14.0. The van der Waals surface area contributed by atoms with Crippen LogP contribution in [-0.4, -0.2) is 47.5 Å². The van der Waals surface area contributed by atoms with E-state index >= 15 is 0 Å². The lowest BCUT2D eigenvalue weighted by atomic mass is 10.1. The van der Waals surface area contributed by atoms with Crippen LogP contribution in [0.3, 0.4) is 0 Å². The van der Waals surface area contributed by atoms with E-state index in [1.165, 1.54) is 4.90 Å². The van der Waals surface area contributed by atoms with E-state index in [-0.39, 0.29) is 43.0 Å². The minimum atomic E-state index is -0.517. The van der Waals surface area contributed by atoms with Crippen LogP contribution >= 0.6 is 0 Å². The molecule has 124 valence electrons. The van der Waals surface area contributed by atoms with Gasteiger partial charge in [0, 0.05) is 0 Å². The molecule has 1 heterocycles. The summed E-state index contributed by atoms with van der Waals surface area (Å²) >= 11 is 0. The second-order valence-corrected chi connectivity index (χ2v) is 6.83. The van der Waals surface area contributed by atoms with E-state index in [0.29, 0.717) is 0 Å². The molecule has 6 heteroatoms. The van der Waals surface area contributed by atoms with E-state index in [9.17, 15) is 14.4 Å². The Balaban J connectivity index is 1.93. The molecule has 0 aromatic carbocycles. The first-order valence-corrected chi connectivity index (χ1v) is 7.54. The number of allylic oxidation sites excluding steroid dienone is 2. The predicted molar refractivity (Wildman–Crippen MR) is 83.8 cm³/mol. The highest BCUT2D eigenvalue weighted by molar-refractivity contribution is 6.02. The van der Waals surface area contributed by atoms with Crippen molar-refractivity contribution in [1.29, 1.82) is 0 Å². The first-order chi connectivity index (χ1) is 10.7. The van der Waals surface area contributed by atoms with Gasteiger partial charge >= 0.3 is 12.0 Å². The van der Waals surface area contributed by atoms with Gasteiger partial charge in [-0.25, -0.2) is 9.69 Å². The van der Waals surface area contributed by atoms with Gasteiger partial charge in [0.05, 0.1) is 12.5 Å². The minimum absolute atomic E-state index is 0.0628. The summed E-state index contributed by atoms with van der Waals surface area (Å²) in [5.74, 6) is 1.42. The molecule has 2 rings (SSSR count). The molecule has 0 aromatic heterocycles. The van der Waals surface area contributed by atoms with Crippen molar-refractivity contribution in [3.05, 3.63) is 11.6 Å². The van der Waals surface area contributed by atoms with Crippen molar-refractivity contribution in [2.24, 2.45) is 17.3 Å². The Morgan fingerprint density at radius 2 is 2.09 bits per heavy atom. The maximum absolute atomic E-state index is 12.2. The van der Waals surface area contributed by atoms with E-state index in [1.807, 2.05) is 27.7 Å². The molecule has 2 aliphatic rings. The zero-order valence-corrected chi connectivity index (χ0v) is 14.0. The normalized spacial score (nSPS) is 25.2. The molecule has 1 aliphatic heterocycles. The van der Waals surface area contributed by atoms with Crippen molar-refractivity contribution in [2.45, 2.75) is 27.7 Å². The van der Waals surface area contributed by atoms with Gasteiger partial charge in [-0.15, -0.1) is 6.42 Å². The number of carbonyl (C=O) groups excluding carboxylic acids is 3. The van der Waals surface area contributed by atoms with Crippen molar-refractivity contribution in [3.8, 4) is 12.3 Å². The molecular formula is C17H22N2O4. The number of terminal acetylenes is 1. The number of rotatable bonds is 5. The van der Waals surface area contributed by atoms with Gasteiger partial charge in [-0.3, -0.25) is 9.59 Å². The van der Waals surface area contributed by atoms with Crippen molar-refractivity contribution in [3.63, 3.8) is 0 Å². The predicted octanol–water partition coefficient (Wildman–Crippen LogP) is 1.62. The molecule has 0 bridgehead atoms. The Morgan fingerprint density at radius 3 is 2.65 bits per heavy atom. The number of hydrogen-bond acceptors (Lipinski definition) is 4. The maximum atomic E-state index is 12.2. The Kier molecular flexibility index (Phi) is 4.51. The summed E-state index contributed by atoms with van der Waals surface area (Å²) in [6.07, 6.45) is 7.21. The quantitative estimate of drug-likeness (QED) is 0.334. The van der Waals surface area contributed by atoms with Gasteiger partial charge in [0.2, 0.25) is 0 Å². The van der Waals surface area contributed by atoms with Crippen LogP contribution in [0.1, 0.15) is 27.7 Å². The van der Waals surface area contributed by atoms with Gasteiger partial charge < -0.3 is 9.64 Å². The summed E-state index contributed by atoms with van der Waals surface area (Å²) in [5.41, 5.74) is 0.983. The number of amides is 3. The summed E-state index contributed by atoms with van der Waals surface area (Å²) in [6.45, 7) is 7.61. The lowest BCUT2D eigenvalue weighted by Gasteiger charge is -2.15. The first kappa shape index (κ1) is 17.1. The van der Waals surface area contributed by atoms with Crippen LogP contribution in [-0.2, 0) is 14.3 Å². The van der Waals surface area contributed by atoms with Crippen LogP contribution < -0.4 is 0 Å². The molecule has 1 aliphatic carbocycles. The molecule has 23 heavy (non-hydrogen) atoms. The summed E-state index contributed by atoms with van der Waals surface area (Å²) in [5, 5.41) is 0. The minimum Gasteiger partial charge on any atom is -0.443 e. The number of urea groups is 1. The van der Waals surface area contributed by atoms with Gasteiger partial charge in [-0.2, -0.15) is 0 Å². The third-order valence-corrected chi connectivity index (χ3v) is 4.42. The van der Waals surface area contributed by atoms with E-state index in [4.69, 9.17) is 11.2 Å². The molecule has 3 amide bonds. The van der Waals surface area contributed by atoms with Gasteiger partial charge in [-0.1, -0.05) is 31.4 Å². The Labute approximate surface area is 136 Å². The fourth-order valence-corrected chi connectivity index (χ4v) is 2.97. The molecule has 0 radical (unpaired) electrons. The van der Waals surface area contributed by atoms with E-state index < -0.39 is 11.9 Å². The lowest BCUT2D eigenvalue weighted by molar-refractivity contribution is -0.151. The van der Waals surface area contributed by atoms with Crippen molar-refractivity contribution >= 4 is 17.9 Å². The average Bonchev–Trinajstić information content (AvgIpc) is 2.85. The van der Waals surface area contributed by atoms with Gasteiger partial charge in [0.1, 0.15) is 6.54 Å². The molecule has 0 unspecified atom stereocenters. The van der Waals surface area contributed by atoms with Crippen LogP contribution in [0, 0.1) is 29.6 Å². The van der Waals surface area contributed by atoms with E-state index in [2.05, 4.69) is 12.0 Å². The zero-order chi connectivity index (χ0) is 17.4. The van der Waals surface area contributed by atoms with Crippen LogP contribution in [0.25, 0.3) is 0 Å². The molecule has 1 saturated heterocycles. The second kappa shape index (κ2) is 6.07. The van der Waals surface area contributed by atoms with Crippen molar-refractivity contribution < 1.29 is 19.1 Å². The van der Waals surface area contributed by atoms with Gasteiger partial charge in [-0.05, 0) is 25.2 Å². The number of carbonyl (C=O) groups is 3. The SMILES string of the molecule is C#CCN1CC(=O)N(COC(=O)[C@H]2[C@@H](C=C(C)C)C2(C)C)C1=O. The number of hydrogen-bond donors (Lipinski definition) is 0. The first-order valence-electron chi connectivity index (χ1n) is 7.54. The highest BCUT2D eigenvalue weighted by Crippen LogP contribution is 2.59. The number of imide groups is 1. The van der Waals surface area contributed by atoms with E-state index in [0.717, 1.165) is 10.5 Å². The number of esters is 1. The van der Waals surface area contributed by atoms with E-state index in [1.54, 1.807) is 0 Å². The Bertz CT molecular complexity index is 611. The number of nitrogens with zero attached hydrogens (tertiary/aromatic N) is 2. The fourth-order valence-electron chi connectivity index (χ4n) is 2.97. The van der Waals surface area contributed by atoms with Crippen molar-refractivity contribution in [2.75, 3.05) is 19.8 Å². The van der Waals surface area contributed by atoms with Crippen molar-refractivity contribution in [1.82, 2.24) is 9.80 Å². The fraction of sp³-hybridized carbons (Fsp3) is 0.588. The molecule has 2 atom stereocenters. The number of ether oxygens (including phenoxy) is 1. The van der Waals surface area contributed by atoms with Crippen LogP contribution in [0.15, 0.2) is 11.6 Å². The molecule has 0 aromatic rings. The van der Waals surface area contributed by atoms with Crippen LogP contribution in [0.4, 0.5) is 4.79 Å². The van der Waals surface area contributed by atoms with Crippen LogP contribution in [0.5, 0.6) is 0 Å². The molecule has 0 N–H and O–H groups in total. The molecule has 1 saturated carbocycles. The third-order valence-electron chi connectivity index (χ3n) is 4.42. The standard InChI is InChI=1S/C17H22N2O4/c1-6-7-18-9-13(20)19(16(18)22)10-23-15(21)14-12(8-11(2)3)17(14,4)5/h1,8,12,14H,7,9-10H2,2-5H3/t12-,14-/m1/s1. The Morgan fingerprint density at radius 1 is 1.43 bits per heavy atom. The Hall–Kier alpha value is -2.29. The third kappa shape index (κ3) is 3.24. The summed E-state index contributed by atoms with van der Waals surface area (Å²) in [6, 6.07) is -0.517. The summed E-state index contributed by atoms with van der Waals surface area (Å²) in [4.78, 5) is 38.2. The van der Waals surface area contributed by atoms with Gasteiger partial charge in [0.25, 0.3) is 5.91 Å². The summed E-state index contributed by atoms with van der Waals surface area (Å²) in [7, 11) is 0.